The zero-order valence-electron chi connectivity index (χ0n) is 10.0. The molecule has 0 amide bonds. The van der Waals surface area contributed by atoms with Crippen LogP contribution in [0.4, 0.5) is 17.6 Å². The monoisotopic (exact) mass is 276 g/mol. The van der Waals surface area contributed by atoms with Crippen LogP contribution in [0.3, 0.4) is 0 Å². The standard InChI is InChI=1S/C13H12F4O2/c14-8-6-9(15)12(17)13(11(8)16)19-5-4-7-2-1-3-10(7)18/h6-7H,1-5H2. The van der Waals surface area contributed by atoms with Crippen molar-refractivity contribution in [3.8, 4) is 5.75 Å². The van der Waals surface area contributed by atoms with Gasteiger partial charge in [0, 0.05) is 18.4 Å². The Morgan fingerprint density at radius 2 is 1.79 bits per heavy atom. The predicted molar refractivity (Wildman–Crippen MR) is 58.7 cm³/mol. The number of carbonyl (C=O) groups excluding carboxylic acids is 1. The van der Waals surface area contributed by atoms with E-state index in [0.717, 1.165) is 6.42 Å². The topological polar surface area (TPSA) is 26.3 Å². The number of rotatable bonds is 4. The van der Waals surface area contributed by atoms with Gasteiger partial charge in [0.1, 0.15) is 5.78 Å². The Morgan fingerprint density at radius 1 is 1.16 bits per heavy atom. The normalized spacial score (nSPS) is 18.9. The third kappa shape index (κ3) is 2.88. The van der Waals surface area contributed by atoms with Crippen LogP contribution in [0.1, 0.15) is 25.7 Å². The Balaban J connectivity index is 2.01. The van der Waals surface area contributed by atoms with Crippen molar-refractivity contribution in [2.75, 3.05) is 6.61 Å². The second-order valence-electron chi connectivity index (χ2n) is 4.49. The molecule has 104 valence electrons. The molecule has 1 saturated carbocycles. The molecule has 1 aromatic rings. The molecule has 1 atom stereocenters. The fourth-order valence-corrected chi connectivity index (χ4v) is 2.17. The fourth-order valence-electron chi connectivity index (χ4n) is 2.17. The minimum Gasteiger partial charge on any atom is -0.487 e. The fraction of sp³-hybridized carbons (Fsp3) is 0.462. The van der Waals surface area contributed by atoms with Crippen molar-refractivity contribution in [1.82, 2.24) is 0 Å². The van der Waals surface area contributed by atoms with E-state index in [-0.39, 0.29) is 30.8 Å². The second kappa shape index (κ2) is 5.59. The average Bonchev–Trinajstić information content (AvgIpc) is 2.77. The van der Waals surface area contributed by atoms with Crippen LogP contribution in [0.25, 0.3) is 0 Å². The van der Waals surface area contributed by atoms with Gasteiger partial charge in [-0.05, 0) is 19.3 Å². The van der Waals surface area contributed by atoms with Crippen molar-refractivity contribution in [3.63, 3.8) is 0 Å². The van der Waals surface area contributed by atoms with Crippen LogP contribution in [0.15, 0.2) is 6.07 Å². The maximum absolute atomic E-state index is 13.2. The van der Waals surface area contributed by atoms with Crippen LogP contribution in [-0.4, -0.2) is 12.4 Å². The van der Waals surface area contributed by atoms with Gasteiger partial charge in [0.2, 0.25) is 11.6 Å². The van der Waals surface area contributed by atoms with E-state index in [1.807, 2.05) is 0 Å². The molecule has 0 heterocycles. The maximum atomic E-state index is 13.2. The van der Waals surface area contributed by atoms with Gasteiger partial charge in [-0.1, -0.05) is 0 Å². The molecule has 6 heteroatoms. The summed E-state index contributed by atoms with van der Waals surface area (Å²) in [6.45, 7) is -0.160. The molecule has 0 aromatic heterocycles. The van der Waals surface area contributed by atoms with Crippen molar-refractivity contribution in [2.24, 2.45) is 5.92 Å². The van der Waals surface area contributed by atoms with Gasteiger partial charge in [-0.2, -0.15) is 8.78 Å². The number of carbonyl (C=O) groups is 1. The molecule has 0 radical (unpaired) electrons. The smallest absolute Gasteiger partial charge is 0.203 e. The zero-order valence-corrected chi connectivity index (χ0v) is 10.0. The number of ketones is 1. The molecule has 1 aliphatic carbocycles. The van der Waals surface area contributed by atoms with Crippen molar-refractivity contribution in [3.05, 3.63) is 29.3 Å². The summed E-state index contributed by atoms with van der Waals surface area (Å²) in [6.07, 6.45) is 2.29. The van der Waals surface area contributed by atoms with Gasteiger partial charge >= 0.3 is 0 Å². The largest absolute Gasteiger partial charge is 0.487 e. The van der Waals surface area contributed by atoms with E-state index in [4.69, 9.17) is 4.74 Å². The highest BCUT2D eigenvalue weighted by molar-refractivity contribution is 5.82. The van der Waals surface area contributed by atoms with Crippen molar-refractivity contribution in [2.45, 2.75) is 25.7 Å². The summed E-state index contributed by atoms with van der Waals surface area (Å²) in [5.74, 6) is -7.30. The Morgan fingerprint density at radius 3 is 2.32 bits per heavy atom. The van der Waals surface area contributed by atoms with Gasteiger partial charge in [-0.25, -0.2) is 8.78 Å². The summed E-state index contributed by atoms with van der Waals surface area (Å²) < 4.78 is 57.0. The van der Waals surface area contributed by atoms with Crippen molar-refractivity contribution in [1.29, 1.82) is 0 Å². The van der Waals surface area contributed by atoms with E-state index >= 15 is 0 Å². The third-order valence-corrected chi connectivity index (χ3v) is 3.22. The Labute approximate surface area is 107 Å². The zero-order chi connectivity index (χ0) is 14.0. The molecule has 0 N–H and O–H groups in total. The van der Waals surface area contributed by atoms with Gasteiger partial charge < -0.3 is 4.74 Å². The van der Waals surface area contributed by atoms with Crippen LogP contribution in [0, 0.1) is 29.2 Å². The lowest BCUT2D eigenvalue weighted by Crippen LogP contribution is -2.12. The van der Waals surface area contributed by atoms with Gasteiger partial charge in [-0.15, -0.1) is 0 Å². The highest BCUT2D eigenvalue weighted by atomic mass is 19.2. The van der Waals surface area contributed by atoms with Crippen LogP contribution >= 0.6 is 0 Å². The summed E-state index contributed by atoms with van der Waals surface area (Å²) in [6, 6.07) is 0.123. The third-order valence-electron chi connectivity index (χ3n) is 3.22. The van der Waals surface area contributed by atoms with E-state index in [0.29, 0.717) is 12.8 Å². The molecule has 0 spiro atoms. The number of Topliss-reactive ketones (excluding diaryl/α,β-unsaturated/α-hetero) is 1. The van der Waals surface area contributed by atoms with Gasteiger partial charge in [0.25, 0.3) is 0 Å². The van der Waals surface area contributed by atoms with Gasteiger partial charge in [0.15, 0.2) is 17.4 Å². The van der Waals surface area contributed by atoms with E-state index in [9.17, 15) is 22.4 Å². The van der Waals surface area contributed by atoms with Crippen LogP contribution in [0.5, 0.6) is 5.75 Å². The summed E-state index contributed by atoms with van der Waals surface area (Å²) >= 11 is 0. The molecule has 2 nitrogen and oxygen atoms in total. The van der Waals surface area contributed by atoms with Crippen LogP contribution < -0.4 is 4.74 Å². The first kappa shape index (κ1) is 13.8. The lowest BCUT2D eigenvalue weighted by molar-refractivity contribution is -0.121. The minimum atomic E-state index is -1.56. The molecule has 2 rings (SSSR count). The number of benzene rings is 1. The SMILES string of the molecule is O=C1CCCC1CCOc1c(F)c(F)cc(F)c1F. The molecule has 1 aromatic carbocycles. The van der Waals surface area contributed by atoms with Crippen LogP contribution in [-0.2, 0) is 4.79 Å². The number of halogens is 4. The number of ether oxygens (including phenoxy) is 1. The van der Waals surface area contributed by atoms with E-state index in [2.05, 4.69) is 0 Å². The number of hydrogen-bond donors (Lipinski definition) is 0. The Hall–Kier alpha value is -1.59. The molecule has 0 saturated heterocycles. The highest BCUT2D eigenvalue weighted by Crippen LogP contribution is 2.28. The summed E-state index contributed by atoms with van der Waals surface area (Å²) in [4.78, 5) is 11.3. The molecule has 1 aliphatic rings. The van der Waals surface area contributed by atoms with Crippen LogP contribution in [0.2, 0.25) is 0 Å². The summed E-state index contributed by atoms with van der Waals surface area (Å²) in [5.41, 5.74) is 0. The highest BCUT2D eigenvalue weighted by Gasteiger charge is 2.25. The Kier molecular flexibility index (Phi) is 4.07. The van der Waals surface area contributed by atoms with E-state index in [1.54, 1.807) is 0 Å². The lowest BCUT2D eigenvalue weighted by Gasteiger charge is -2.11. The summed E-state index contributed by atoms with van der Waals surface area (Å²) in [5, 5.41) is 0. The summed E-state index contributed by atoms with van der Waals surface area (Å²) in [7, 11) is 0. The molecule has 0 bridgehead atoms. The van der Waals surface area contributed by atoms with Gasteiger partial charge in [0.05, 0.1) is 6.61 Å². The molecular formula is C13H12F4O2. The predicted octanol–water partition coefficient (Wildman–Crippen LogP) is 3.38. The van der Waals surface area contributed by atoms with Gasteiger partial charge in [-0.3, -0.25) is 4.79 Å². The molecule has 1 fully saturated rings. The molecule has 19 heavy (non-hydrogen) atoms. The Bertz CT molecular complexity index is 476. The quantitative estimate of drug-likeness (QED) is 0.622. The number of hydrogen-bond acceptors (Lipinski definition) is 2. The molecule has 0 aliphatic heterocycles. The van der Waals surface area contributed by atoms with Crippen molar-refractivity contribution < 1.29 is 27.1 Å². The maximum Gasteiger partial charge on any atom is 0.203 e. The first-order chi connectivity index (χ1) is 9.00. The van der Waals surface area contributed by atoms with Crippen molar-refractivity contribution >= 4 is 5.78 Å². The average molecular weight is 276 g/mol. The van der Waals surface area contributed by atoms with E-state index < -0.39 is 29.0 Å². The first-order valence-corrected chi connectivity index (χ1v) is 5.99. The lowest BCUT2D eigenvalue weighted by atomic mass is 10.0. The van der Waals surface area contributed by atoms with E-state index in [1.165, 1.54) is 0 Å². The second-order valence-corrected chi connectivity index (χ2v) is 4.49. The first-order valence-electron chi connectivity index (χ1n) is 5.99. The molecular weight excluding hydrogens is 264 g/mol. The minimum absolute atomic E-state index is 0.0926. The molecule has 1 unspecified atom stereocenters.